The van der Waals surface area contributed by atoms with Crippen molar-refractivity contribution in [2.75, 3.05) is 19.6 Å². The van der Waals surface area contributed by atoms with Gasteiger partial charge in [-0.25, -0.2) is 0 Å². The summed E-state index contributed by atoms with van der Waals surface area (Å²) in [6.07, 6.45) is 9.78. The van der Waals surface area contributed by atoms with Gasteiger partial charge in [-0.1, -0.05) is 32.3 Å². The number of hydrogen-bond acceptors (Lipinski definition) is 3. The van der Waals surface area contributed by atoms with Crippen molar-refractivity contribution in [1.82, 2.24) is 10.2 Å². The van der Waals surface area contributed by atoms with Crippen LogP contribution in [0.4, 0.5) is 0 Å². The first-order valence-corrected chi connectivity index (χ1v) is 9.74. The average molecular weight is 307 g/mol. The summed E-state index contributed by atoms with van der Waals surface area (Å²) < 4.78 is 0. The van der Waals surface area contributed by atoms with Crippen molar-refractivity contribution >= 4 is 11.3 Å². The fourth-order valence-electron chi connectivity index (χ4n) is 4.12. The van der Waals surface area contributed by atoms with Crippen LogP contribution >= 0.6 is 11.3 Å². The number of piperazine rings is 1. The van der Waals surface area contributed by atoms with Crippen LogP contribution in [0.3, 0.4) is 0 Å². The summed E-state index contributed by atoms with van der Waals surface area (Å²) >= 11 is 1.91. The van der Waals surface area contributed by atoms with Gasteiger partial charge in [0.1, 0.15) is 0 Å². The summed E-state index contributed by atoms with van der Waals surface area (Å²) in [7, 11) is 0. The van der Waals surface area contributed by atoms with Crippen LogP contribution in [0.1, 0.15) is 50.3 Å². The second kappa shape index (κ2) is 7.75. The zero-order chi connectivity index (χ0) is 14.5. The highest BCUT2D eigenvalue weighted by molar-refractivity contribution is 7.09. The Kier molecular flexibility index (Phi) is 5.73. The lowest BCUT2D eigenvalue weighted by molar-refractivity contribution is 0.0721. The van der Waals surface area contributed by atoms with Crippen molar-refractivity contribution in [3.63, 3.8) is 0 Å². The Labute approximate surface area is 133 Å². The molecular formula is C18H30N2S. The molecule has 21 heavy (non-hydrogen) atoms. The predicted molar refractivity (Wildman–Crippen MR) is 92.0 cm³/mol. The molecule has 0 radical (unpaired) electrons. The maximum atomic E-state index is 3.80. The van der Waals surface area contributed by atoms with Crippen molar-refractivity contribution in [3.05, 3.63) is 22.4 Å². The van der Waals surface area contributed by atoms with Crippen LogP contribution in [0.5, 0.6) is 0 Å². The Morgan fingerprint density at radius 2 is 2.14 bits per heavy atom. The molecule has 0 bridgehead atoms. The van der Waals surface area contributed by atoms with Crippen molar-refractivity contribution in [1.29, 1.82) is 0 Å². The molecule has 0 spiro atoms. The molecule has 118 valence electrons. The average Bonchev–Trinajstić information content (AvgIpc) is 3.07. The molecular weight excluding hydrogens is 276 g/mol. The molecule has 2 atom stereocenters. The molecule has 0 amide bonds. The normalized spacial score (nSPS) is 28.8. The van der Waals surface area contributed by atoms with Crippen LogP contribution in [-0.4, -0.2) is 36.6 Å². The van der Waals surface area contributed by atoms with Gasteiger partial charge in [-0.15, -0.1) is 11.3 Å². The van der Waals surface area contributed by atoms with Gasteiger partial charge in [0.2, 0.25) is 0 Å². The summed E-state index contributed by atoms with van der Waals surface area (Å²) in [6, 6.07) is 5.96. The minimum absolute atomic E-state index is 0.702. The van der Waals surface area contributed by atoms with E-state index < -0.39 is 0 Å². The van der Waals surface area contributed by atoms with Gasteiger partial charge in [-0.2, -0.15) is 0 Å². The number of rotatable bonds is 5. The predicted octanol–water partition coefficient (Wildman–Crippen LogP) is 3.92. The number of hydrogen-bond donors (Lipinski definition) is 1. The Morgan fingerprint density at radius 3 is 2.86 bits per heavy atom. The van der Waals surface area contributed by atoms with Crippen LogP contribution in [0, 0.1) is 5.92 Å². The van der Waals surface area contributed by atoms with Gasteiger partial charge in [0.15, 0.2) is 0 Å². The summed E-state index contributed by atoms with van der Waals surface area (Å²) in [5, 5.41) is 6.01. The third kappa shape index (κ3) is 4.08. The molecule has 2 aliphatic rings. The van der Waals surface area contributed by atoms with Crippen molar-refractivity contribution in [2.45, 2.75) is 64.0 Å². The van der Waals surface area contributed by atoms with Gasteiger partial charge in [0.05, 0.1) is 0 Å². The van der Waals surface area contributed by atoms with E-state index in [2.05, 4.69) is 34.7 Å². The second-order valence-corrected chi connectivity index (χ2v) is 7.84. The summed E-state index contributed by atoms with van der Waals surface area (Å²) in [4.78, 5) is 4.37. The molecule has 1 saturated heterocycles. The van der Waals surface area contributed by atoms with Crippen LogP contribution < -0.4 is 5.32 Å². The van der Waals surface area contributed by atoms with Gasteiger partial charge in [0, 0.05) is 36.6 Å². The molecule has 3 rings (SSSR count). The lowest BCUT2D eigenvalue weighted by Crippen LogP contribution is -2.59. The highest BCUT2D eigenvalue weighted by atomic mass is 32.1. The molecule has 1 saturated carbocycles. The highest BCUT2D eigenvalue weighted by Gasteiger charge is 2.33. The third-order valence-corrected chi connectivity index (χ3v) is 6.39. The molecule has 3 heteroatoms. The Balaban J connectivity index is 1.61. The summed E-state index contributed by atoms with van der Waals surface area (Å²) in [5.41, 5.74) is 0. The third-order valence-electron chi connectivity index (χ3n) is 5.45. The molecule has 2 fully saturated rings. The van der Waals surface area contributed by atoms with Crippen LogP contribution in [0.2, 0.25) is 0 Å². The van der Waals surface area contributed by atoms with Crippen LogP contribution in [-0.2, 0) is 6.42 Å². The van der Waals surface area contributed by atoms with Gasteiger partial charge >= 0.3 is 0 Å². The first-order chi connectivity index (χ1) is 10.4. The van der Waals surface area contributed by atoms with Crippen molar-refractivity contribution in [3.8, 4) is 0 Å². The van der Waals surface area contributed by atoms with E-state index in [1.54, 1.807) is 4.88 Å². The number of thiophene rings is 1. The van der Waals surface area contributed by atoms with Crippen LogP contribution in [0.15, 0.2) is 17.5 Å². The van der Waals surface area contributed by atoms with E-state index in [0.717, 1.165) is 12.0 Å². The fraction of sp³-hybridized carbons (Fsp3) is 0.778. The minimum Gasteiger partial charge on any atom is -0.311 e. The Hall–Kier alpha value is -0.380. The highest BCUT2D eigenvalue weighted by Crippen LogP contribution is 2.30. The minimum atomic E-state index is 0.702. The van der Waals surface area contributed by atoms with Crippen LogP contribution in [0.25, 0.3) is 0 Å². The second-order valence-electron chi connectivity index (χ2n) is 6.80. The number of nitrogens with zero attached hydrogens (tertiary/aromatic N) is 1. The van der Waals surface area contributed by atoms with Gasteiger partial charge < -0.3 is 5.32 Å². The zero-order valence-electron chi connectivity index (χ0n) is 13.4. The van der Waals surface area contributed by atoms with E-state index in [4.69, 9.17) is 0 Å². The monoisotopic (exact) mass is 306 g/mol. The van der Waals surface area contributed by atoms with E-state index in [-0.39, 0.29) is 0 Å². The molecule has 0 aromatic carbocycles. The molecule has 1 aromatic heterocycles. The SMILES string of the molecule is CCC1CN(CCc2cccs2)C(C2CCCCC2)CN1. The molecule has 1 N–H and O–H groups in total. The molecule has 2 nitrogen and oxygen atoms in total. The Bertz CT molecular complexity index is 397. The topological polar surface area (TPSA) is 15.3 Å². The lowest BCUT2D eigenvalue weighted by Gasteiger charge is -2.45. The smallest absolute Gasteiger partial charge is 0.0249 e. The van der Waals surface area contributed by atoms with E-state index in [1.807, 2.05) is 11.3 Å². The summed E-state index contributed by atoms with van der Waals surface area (Å²) in [6.45, 7) is 6.03. The molecule has 1 aliphatic carbocycles. The first kappa shape index (κ1) is 15.5. The Morgan fingerprint density at radius 1 is 1.29 bits per heavy atom. The zero-order valence-corrected chi connectivity index (χ0v) is 14.2. The maximum absolute atomic E-state index is 3.80. The molecule has 2 unspecified atom stereocenters. The molecule has 1 aliphatic heterocycles. The largest absolute Gasteiger partial charge is 0.311 e. The standard InChI is InChI=1S/C18H30N2S/c1-2-16-14-20(11-10-17-9-6-12-21-17)18(13-19-16)15-7-4-3-5-8-15/h6,9,12,15-16,18-19H,2-5,7-8,10-11,13-14H2,1H3. The lowest BCUT2D eigenvalue weighted by atomic mass is 9.82. The van der Waals surface area contributed by atoms with Gasteiger partial charge in [-0.05, 0) is 43.0 Å². The maximum Gasteiger partial charge on any atom is 0.0249 e. The fourth-order valence-corrected chi connectivity index (χ4v) is 4.82. The summed E-state index contributed by atoms with van der Waals surface area (Å²) in [5.74, 6) is 0.937. The first-order valence-electron chi connectivity index (χ1n) is 8.86. The van der Waals surface area contributed by atoms with E-state index in [0.29, 0.717) is 6.04 Å². The van der Waals surface area contributed by atoms with Gasteiger partial charge in [-0.3, -0.25) is 4.90 Å². The van der Waals surface area contributed by atoms with Gasteiger partial charge in [0.25, 0.3) is 0 Å². The van der Waals surface area contributed by atoms with Crippen molar-refractivity contribution in [2.24, 2.45) is 5.92 Å². The molecule has 1 aromatic rings. The van der Waals surface area contributed by atoms with E-state index in [1.165, 1.54) is 64.6 Å². The van der Waals surface area contributed by atoms with Crippen molar-refractivity contribution < 1.29 is 0 Å². The van der Waals surface area contributed by atoms with E-state index in [9.17, 15) is 0 Å². The van der Waals surface area contributed by atoms with E-state index >= 15 is 0 Å². The quantitative estimate of drug-likeness (QED) is 0.887. The molecule has 2 heterocycles. The number of nitrogens with one attached hydrogen (secondary N) is 1.